The van der Waals surface area contributed by atoms with E-state index in [2.05, 4.69) is 152 Å². The second-order valence-corrected chi connectivity index (χ2v) is 15.6. The maximum absolute atomic E-state index is 5.84. The van der Waals surface area contributed by atoms with Crippen LogP contribution in [-0.4, -0.2) is 49.7 Å². The summed E-state index contributed by atoms with van der Waals surface area (Å²) in [4.78, 5) is 4.61. The minimum Gasteiger partial charge on any atom is -0.403 e. The number of allylic oxidation sites excluding steroid dienone is 8. The Morgan fingerprint density at radius 1 is 0.597 bits per heavy atom. The topological polar surface area (TPSA) is 55.6 Å². The summed E-state index contributed by atoms with van der Waals surface area (Å²) < 4.78 is 31.4. The van der Waals surface area contributed by atoms with Gasteiger partial charge in [-0.25, -0.2) is 4.58 Å². The first-order valence-corrected chi connectivity index (χ1v) is 20.5. The number of benzene rings is 2. The van der Waals surface area contributed by atoms with Gasteiger partial charge in [0.1, 0.15) is 37.6 Å². The van der Waals surface area contributed by atoms with Crippen LogP contribution in [0.2, 0.25) is 0 Å². The van der Waals surface area contributed by atoms with Crippen LogP contribution in [-0.2, 0) is 15.6 Å². The Hall–Kier alpha value is -7.69. The molecule has 0 aromatic heterocycles. The van der Waals surface area contributed by atoms with E-state index in [9.17, 15) is 0 Å². The molecule has 0 N–H and O–H groups in total. The van der Waals surface area contributed by atoms with Gasteiger partial charge in [-0.3, -0.25) is 0 Å². The molecule has 0 radical (unpaired) electrons. The lowest BCUT2D eigenvalue weighted by molar-refractivity contribution is -0.548. The molecule has 3 aliphatic heterocycles. The fraction of sp³-hybridized carbons (Fsp3) is 0.315. The van der Waals surface area contributed by atoms with Crippen molar-refractivity contribution < 1.29 is 28.3 Å². The standard InChI is InChI=1S/C54H48N3O5/c1-11-17-30-59-46-36-42-44(38-48(46)61-32-19-13-3)56(15-5)50(53(42,7)8)26-24-40-22-21-23-41(52(40)55-28-34-58-35-29-55)25-27-51-54(9,10)43-37-47(60-31-18-12-2)49(62-33-20-14-4)39-45(43)57(51)16-6/h1-4,24-27,36-39H,15-16,21-23,28-29,34-35H2,5-10H3/q+1. The van der Waals surface area contributed by atoms with Gasteiger partial charge in [0.25, 0.3) is 0 Å². The van der Waals surface area contributed by atoms with Crippen molar-refractivity contribution in [3.63, 3.8) is 0 Å². The maximum Gasteiger partial charge on any atom is 0.206 e. The summed E-state index contributed by atoms with van der Waals surface area (Å²) in [5, 5.41) is 0. The second-order valence-electron chi connectivity index (χ2n) is 15.6. The smallest absolute Gasteiger partial charge is 0.206 e. The van der Waals surface area contributed by atoms with E-state index in [0.717, 1.165) is 79.3 Å². The minimum absolute atomic E-state index is 0.396. The van der Waals surface area contributed by atoms with Gasteiger partial charge in [-0.2, -0.15) is 0 Å². The summed E-state index contributed by atoms with van der Waals surface area (Å²) in [5.41, 5.74) is 9.41. The van der Waals surface area contributed by atoms with Crippen LogP contribution in [0.3, 0.4) is 0 Å². The number of terminal acetylenes is 4. The van der Waals surface area contributed by atoms with E-state index in [0.29, 0.717) is 36.2 Å². The van der Waals surface area contributed by atoms with Crippen LogP contribution in [0.25, 0.3) is 0 Å². The molecule has 308 valence electrons. The molecule has 1 saturated carbocycles. The van der Waals surface area contributed by atoms with Gasteiger partial charge in [-0.05, 0) is 92.2 Å². The van der Waals surface area contributed by atoms with Gasteiger partial charge in [-0.1, -0.05) is 39.8 Å². The van der Waals surface area contributed by atoms with Crippen LogP contribution in [0, 0.1) is 97.5 Å². The normalized spacial score (nSPS) is 19.1. The Kier molecular flexibility index (Phi) is 13.9. The van der Waals surface area contributed by atoms with Crippen LogP contribution < -0.4 is 28.7 Å². The fourth-order valence-corrected chi connectivity index (χ4v) is 8.58. The number of nitrogens with zero attached hydrogens (tertiary/aromatic N) is 3. The Labute approximate surface area is 367 Å². The van der Waals surface area contributed by atoms with Gasteiger partial charge in [0.2, 0.25) is 5.71 Å². The molecule has 3 heterocycles. The number of morpholine rings is 1. The molecule has 0 spiro atoms. The number of fused-ring (bicyclic) bond motifs is 2. The highest BCUT2D eigenvalue weighted by Gasteiger charge is 2.42. The highest BCUT2D eigenvalue weighted by atomic mass is 16.5. The molecule has 0 amide bonds. The summed E-state index contributed by atoms with van der Waals surface area (Å²) in [6.45, 7) is 17.5. The van der Waals surface area contributed by atoms with Crippen LogP contribution in [0.4, 0.5) is 11.4 Å². The zero-order chi connectivity index (χ0) is 44.3. The van der Waals surface area contributed by atoms with Crippen molar-refractivity contribution >= 4 is 17.1 Å². The molecule has 4 aliphatic rings. The van der Waals surface area contributed by atoms with E-state index in [-0.39, 0.29) is 0 Å². The highest BCUT2D eigenvalue weighted by molar-refractivity contribution is 6.10. The number of hydrogen-bond donors (Lipinski definition) is 0. The Morgan fingerprint density at radius 3 is 1.32 bits per heavy atom. The number of hydrogen-bond acceptors (Lipinski definition) is 7. The van der Waals surface area contributed by atoms with Crippen molar-refractivity contribution in [2.45, 2.75) is 71.6 Å². The SMILES string of the molecule is C#CC#COc1cc2c(cc1OC#CC#C)C(C)(C)C(=CC=C1CCCC(=CC=C3N(CC)c4cc(OC#CC#C)c(OC#CC#C)cc4C3(C)C)C1=[N+]1CCOCC1)N2CC. The lowest BCUT2D eigenvalue weighted by Gasteiger charge is -2.27. The van der Waals surface area contributed by atoms with Crippen molar-refractivity contribution in [2.24, 2.45) is 0 Å². The van der Waals surface area contributed by atoms with Gasteiger partial charge >= 0.3 is 0 Å². The first-order valence-electron chi connectivity index (χ1n) is 20.5. The molecule has 1 saturated heterocycles. The number of ether oxygens (including phenoxy) is 5. The van der Waals surface area contributed by atoms with Crippen molar-refractivity contribution in [3.05, 3.63) is 82.2 Å². The molecule has 2 fully saturated rings. The molecule has 0 bridgehead atoms. The predicted octanol–water partition coefficient (Wildman–Crippen LogP) is 7.80. The average molecular weight is 819 g/mol. The Bertz CT molecular complexity index is 2570. The number of anilines is 2. The third-order valence-electron chi connectivity index (χ3n) is 11.4. The molecular formula is C54H48N3O5+. The third kappa shape index (κ3) is 8.91. The maximum atomic E-state index is 5.84. The molecule has 1 aliphatic carbocycles. The van der Waals surface area contributed by atoms with Crippen molar-refractivity contribution in [1.29, 1.82) is 0 Å². The summed E-state index contributed by atoms with van der Waals surface area (Å²) in [7, 11) is 0. The summed E-state index contributed by atoms with van der Waals surface area (Å²) in [5.74, 6) is 20.7. The molecule has 0 atom stereocenters. The molecule has 8 heteroatoms. The van der Waals surface area contributed by atoms with Gasteiger partial charge < -0.3 is 33.5 Å². The number of rotatable bonds is 8. The molecular weight excluding hydrogens is 771 g/mol. The highest BCUT2D eigenvalue weighted by Crippen LogP contribution is 2.53. The van der Waals surface area contributed by atoms with Gasteiger partial charge in [0.05, 0.1) is 0 Å². The van der Waals surface area contributed by atoms with Crippen molar-refractivity contribution in [3.8, 4) is 120 Å². The van der Waals surface area contributed by atoms with Crippen LogP contribution >= 0.6 is 0 Å². The lowest BCUT2D eigenvalue weighted by atomic mass is 9.82. The summed E-state index contributed by atoms with van der Waals surface area (Å²) >= 11 is 0. The van der Waals surface area contributed by atoms with E-state index >= 15 is 0 Å². The second kappa shape index (κ2) is 19.6. The van der Waals surface area contributed by atoms with E-state index < -0.39 is 10.8 Å². The van der Waals surface area contributed by atoms with E-state index in [1.54, 1.807) is 0 Å². The first kappa shape index (κ1) is 43.9. The van der Waals surface area contributed by atoms with E-state index in [4.69, 9.17) is 49.4 Å². The van der Waals surface area contributed by atoms with Crippen LogP contribution in [0.5, 0.6) is 23.0 Å². The molecule has 0 unspecified atom stereocenters. The molecule has 8 nitrogen and oxygen atoms in total. The largest absolute Gasteiger partial charge is 0.403 e. The molecule has 2 aromatic rings. The fourth-order valence-electron chi connectivity index (χ4n) is 8.58. The molecule has 2 aromatic carbocycles. The summed E-state index contributed by atoms with van der Waals surface area (Å²) in [6.07, 6.45) is 43.7. The number of likely N-dealkylation sites (N-methyl/N-ethyl adjacent to an activating group) is 2. The monoisotopic (exact) mass is 818 g/mol. The zero-order valence-electron chi connectivity index (χ0n) is 36.2. The Morgan fingerprint density at radius 2 is 0.968 bits per heavy atom. The third-order valence-corrected chi connectivity index (χ3v) is 11.4. The predicted molar refractivity (Wildman–Crippen MR) is 246 cm³/mol. The molecule has 6 rings (SSSR count). The first-order chi connectivity index (χ1) is 30.0. The van der Waals surface area contributed by atoms with E-state index in [1.807, 2.05) is 24.3 Å². The van der Waals surface area contributed by atoms with Gasteiger partial charge in [0.15, 0.2) is 36.1 Å². The summed E-state index contributed by atoms with van der Waals surface area (Å²) in [6, 6.07) is 7.76. The van der Waals surface area contributed by atoms with Gasteiger partial charge in [-0.15, -0.1) is 25.7 Å². The zero-order valence-corrected chi connectivity index (χ0v) is 36.2. The van der Waals surface area contributed by atoms with E-state index in [1.165, 1.54) is 16.9 Å². The molecule has 62 heavy (non-hydrogen) atoms. The quantitative estimate of drug-likeness (QED) is 0.199. The average Bonchev–Trinajstić information content (AvgIpc) is 3.61. The Balaban J connectivity index is 1.42. The van der Waals surface area contributed by atoms with Crippen molar-refractivity contribution in [1.82, 2.24) is 0 Å². The van der Waals surface area contributed by atoms with Crippen LogP contribution in [0.1, 0.15) is 71.9 Å². The van der Waals surface area contributed by atoms with Crippen LogP contribution in [0.15, 0.2) is 71.1 Å². The lowest BCUT2D eigenvalue weighted by Crippen LogP contribution is -2.36. The van der Waals surface area contributed by atoms with Gasteiger partial charge in [0, 0.05) is 93.6 Å². The van der Waals surface area contributed by atoms with Crippen molar-refractivity contribution in [2.75, 3.05) is 49.2 Å². The minimum atomic E-state index is -0.399.